The quantitative estimate of drug-likeness (QED) is 0.544. The van der Waals surface area contributed by atoms with Gasteiger partial charge in [-0.1, -0.05) is 0 Å². The van der Waals surface area contributed by atoms with Crippen molar-refractivity contribution in [3.63, 3.8) is 0 Å². The Morgan fingerprint density at radius 1 is 1.13 bits per heavy atom. The third kappa shape index (κ3) is 1.15. The van der Waals surface area contributed by atoms with E-state index < -0.39 is 0 Å². The van der Waals surface area contributed by atoms with E-state index in [-0.39, 0.29) is 0 Å². The summed E-state index contributed by atoms with van der Waals surface area (Å²) in [5.74, 6) is 0.536. The number of aromatic nitrogens is 5. The van der Waals surface area contributed by atoms with E-state index in [2.05, 4.69) is 25.4 Å². The molecule has 0 amide bonds. The number of pyridine rings is 1. The zero-order valence-corrected chi connectivity index (χ0v) is 7.73. The van der Waals surface area contributed by atoms with E-state index in [0.717, 1.165) is 16.8 Å². The van der Waals surface area contributed by atoms with Gasteiger partial charge < -0.3 is 5.73 Å². The lowest BCUT2D eigenvalue weighted by Crippen LogP contribution is -1.86. The normalized spacial score (nSPS) is 10.9. The molecule has 6 heteroatoms. The van der Waals surface area contributed by atoms with Crippen LogP contribution in [0.4, 0.5) is 5.82 Å². The molecule has 0 saturated carbocycles. The largest absolute Gasteiger partial charge is 0.384 e. The van der Waals surface area contributed by atoms with Crippen LogP contribution in [0.2, 0.25) is 0 Å². The second-order valence-electron chi connectivity index (χ2n) is 3.18. The van der Waals surface area contributed by atoms with Crippen molar-refractivity contribution >= 4 is 16.9 Å². The van der Waals surface area contributed by atoms with Crippen LogP contribution in [-0.4, -0.2) is 25.4 Å². The molecule has 3 aromatic heterocycles. The van der Waals surface area contributed by atoms with Gasteiger partial charge >= 0.3 is 0 Å². The Hall–Kier alpha value is -2.37. The number of nitrogens with two attached hydrogens (primary N) is 1. The SMILES string of the molecule is Nc1[nH]nc2nc(-c3ccn[nH]3)ccc12. The highest BCUT2D eigenvalue weighted by Crippen LogP contribution is 2.20. The molecule has 3 rings (SSSR count). The maximum Gasteiger partial charge on any atom is 0.183 e. The van der Waals surface area contributed by atoms with E-state index in [1.807, 2.05) is 18.2 Å². The summed E-state index contributed by atoms with van der Waals surface area (Å²) in [7, 11) is 0. The van der Waals surface area contributed by atoms with E-state index in [1.165, 1.54) is 0 Å². The van der Waals surface area contributed by atoms with Crippen molar-refractivity contribution in [2.45, 2.75) is 0 Å². The molecule has 0 aromatic carbocycles. The minimum atomic E-state index is 0.536. The fourth-order valence-electron chi connectivity index (χ4n) is 1.47. The lowest BCUT2D eigenvalue weighted by atomic mass is 10.2. The summed E-state index contributed by atoms with van der Waals surface area (Å²) in [6.45, 7) is 0. The summed E-state index contributed by atoms with van der Waals surface area (Å²) < 4.78 is 0. The monoisotopic (exact) mass is 200 g/mol. The van der Waals surface area contributed by atoms with Gasteiger partial charge in [0.15, 0.2) is 5.65 Å². The summed E-state index contributed by atoms with van der Waals surface area (Å²) in [4.78, 5) is 4.34. The number of rotatable bonds is 1. The van der Waals surface area contributed by atoms with Crippen molar-refractivity contribution < 1.29 is 0 Å². The predicted molar refractivity (Wildman–Crippen MR) is 55.9 cm³/mol. The fraction of sp³-hybridized carbons (Fsp3) is 0. The number of nitrogen functional groups attached to an aromatic ring is 1. The lowest BCUT2D eigenvalue weighted by Gasteiger charge is -1.95. The van der Waals surface area contributed by atoms with Crippen LogP contribution in [0.25, 0.3) is 22.4 Å². The van der Waals surface area contributed by atoms with Gasteiger partial charge in [0.1, 0.15) is 5.82 Å². The molecule has 0 radical (unpaired) electrons. The van der Waals surface area contributed by atoms with Crippen molar-refractivity contribution in [2.75, 3.05) is 5.73 Å². The summed E-state index contributed by atoms with van der Waals surface area (Å²) in [6.07, 6.45) is 1.68. The van der Waals surface area contributed by atoms with E-state index in [9.17, 15) is 0 Å². The molecule has 15 heavy (non-hydrogen) atoms. The van der Waals surface area contributed by atoms with Gasteiger partial charge in [-0.3, -0.25) is 10.2 Å². The van der Waals surface area contributed by atoms with Crippen molar-refractivity contribution in [3.8, 4) is 11.4 Å². The van der Waals surface area contributed by atoms with Gasteiger partial charge in [-0.25, -0.2) is 4.98 Å². The van der Waals surface area contributed by atoms with Crippen molar-refractivity contribution in [1.29, 1.82) is 0 Å². The van der Waals surface area contributed by atoms with E-state index in [0.29, 0.717) is 11.5 Å². The van der Waals surface area contributed by atoms with Gasteiger partial charge in [-0.15, -0.1) is 0 Å². The molecule has 0 fully saturated rings. The molecule has 0 spiro atoms. The Kier molecular flexibility index (Phi) is 1.49. The number of fused-ring (bicyclic) bond motifs is 1. The number of nitrogens with one attached hydrogen (secondary N) is 2. The first-order valence-corrected chi connectivity index (χ1v) is 4.45. The molecule has 0 saturated heterocycles. The van der Waals surface area contributed by atoms with Crippen molar-refractivity contribution in [3.05, 3.63) is 24.4 Å². The van der Waals surface area contributed by atoms with Gasteiger partial charge in [0.05, 0.1) is 16.8 Å². The highest BCUT2D eigenvalue weighted by atomic mass is 15.2. The lowest BCUT2D eigenvalue weighted by molar-refractivity contribution is 1.08. The molecule has 0 aliphatic heterocycles. The van der Waals surface area contributed by atoms with Crippen LogP contribution in [0.15, 0.2) is 24.4 Å². The third-order valence-electron chi connectivity index (χ3n) is 2.22. The van der Waals surface area contributed by atoms with Crippen LogP contribution in [0.3, 0.4) is 0 Å². The van der Waals surface area contributed by atoms with Gasteiger partial charge in [0.2, 0.25) is 0 Å². The number of nitrogens with zero attached hydrogens (tertiary/aromatic N) is 3. The maximum atomic E-state index is 5.67. The first-order chi connectivity index (χ1) is 7.34. The van der Waals surface area contributed by atoms with Crippen LogP contribution in [0, 0.1) is 0 Å². The average molecular weight is 200 g/mol. The minimum absolute atomic E-state index is 0.536. The van der Waals surface area contributed by atoms with Gasteiger partial charge in [-0.05, 0) is 18.2 Å². The number of hydrogen-bond acceptors (Lipinski definition) is 4. The second-order valence-corrected chi connectivity index (χ2v) is 3.18. The van der Waals surface area contributed by atoms with E-state index in [4.69, 9.17) is 5.73 Å². The first-order valence-electron chi connectivity index (χ1n) is 4.45. The Morgan fingerprint density at radius 2 is 2.07 bits per heavy atom. The molecule has 0 aliphatic carbocycles. The summed E-state index contributed by atoms with van der Waals surface area (Å²) in [5, 5.41) is 14.2. The first kappa shape index (κ1) is 7.98. The molecule has 3 heterocycles. The van der Waals surface area contributed by atoms with Crippen LogP contribution >= 0.6 is 0 Å². The summed E-state index contributed by atoms with van der Waals surface area (Å²) in [6, 6.07) is 5.61. The standard InChI is InChI=1S/C9H8N6/c10-8-5-1-2-6(7-3-4-11-13-7)12-9(5)15-14-8/h1-4H,(H,11,13)(H3,10,12,14,15). The second kappa shape index (κ2) is 2.81. The van der Waals surface area contributed by atoms with Gasteiger partial charge in [0, 0.05) is 6.20 Å². The molecule has 0 unspecified atom stereocenters. The van der Waals surface area contributed by atoms with Crippen molar-refractivity contribution in [2.24, 2.45) is 0 Å². The highest BCUT2D eigenvalue weighted by Gasteiger charge is 2.06. The topological polar surface area (TPSA) is 96.3 Å². The predicted octanol–water partition coefficient (Wildman–Crippen LogP) is 0.930. The van der Waals surface area contributed by atoms with Crippen LogP contribution < -0.4 is 5.73 Å². The highest BCUT2D eigenvalue weighted by molar-refractivity contribution is 5.87. The fourth-order valence-corrected chi connectivity index (χ4v) is 1.47. The Balaban J connectivity index is 2.23. The van der Waals surface area contributed by atoms with Crippen LogP contribution in [-0.2, 0) is 0 Å². The summed E-state index contributed by atoms with van der Waals surface area (Å²) in [5.41, 5.74) is 7.93. The number of H-pyrrole nitrogens is 2. The molecule has 0 aliphatic rings. The van der Waals surface area contributed by atoms with Gasteiger partial charge in [-0.2, -0.15) is 10.2 Å². The number of hydrogen-bond donors (Lipinski definition) is 3. The number of anilines is 1. The average Bonchev–Trinajstić information content (AvgIpc) is 2.88. The zero-order valence-electron chi connectivity index (χ0n) is 7.73. The van der Waals surface area contributed by atoms with Crippen molar-refractivity contribution in [1.82, 2.24) is 25.4 Å². The zero-order chi connectivity index (χ0) is 10.3. The Labute approximate surface area is 84.5 Å². The smallest absolute Gasteiger partial charge is 0.183 e. The van der Waals surface area contributed by atoms with E-state index in [1.54, 1.807) is 6.20 Å². The molecule has 4 N–H and O–H groups in total. The molecular weight excluding hydrogens is 192 g/mol. The van der Waals surface area contributed by atoms with Crippen LogP contribution in [0.5, 0.6) is 0 Å². The third-order valence-corrected chi connectivity index (χ3v) is 2.22. The molecule has 3 aromatic rings. The minimum Gasteiger partial charge on any atom is -0.384 e. The Morgan fingerprint density at radius 3 is 2.87 bits per heavy atom. The molecular formula is C9H8N6. The summed E-state index contributed by atoms with van der Waals surface area (Å²) >= 11 is 0. The number of aromatic amines is 2. The molecule has 74 valence electrons. The molecule has 0 bridgehead atoms. The van der Waals surface area contributed by atoms with Gasteiger partial charge in [0.25, 0.3) is 0 Å². The van der Waals surface area contributed by atoms with Crippen LogP contribution in [0.1, 0.15) is 0 Å². The maximum absolute atomic E-state index is 5.67. The molecule has 0 atom stereocenters. The van der Waals surface area contributed by atoms with E-state index >= 15 is 0 Å². The Bertz CT molecular complexity index is 594. The molecule has 6 nitrogen and oxygen atoms in total.